The van der Waals surface area contributed by atoms with Crippen LogP contribution in [0.2, 0.25) is 0 Å². The summed E-state index contributed by atoms with van der Waals surface area (Å²) in [6.07, 6.45) is 1.81. The highest BCUT2D eigenvalue weighted by molar-refractivity contribution is 5.74. The number of nitrogens with one attached hydrogen (secondary N) is 3. The summed E-state index contributed by atoms with van der Waals surface area (Å²) >= 11 is 0. The van der Waals surface area contributed by atoms with Crippen molar-refractivity contribution in [3.63, 3.8) is 0 Å². The average Bonchev–Trinajstić information content (AvgIpc) is 2.37. The Balaban J connectivity index is 1.81. The third-order valence-electron chi connectivity index (χ3n) is 4.32. The van der Waals surface area contributed by atoms with Crippen LogP contribution in [-0.2, 0) is 0 Å². The highest BCUT2D eigenvalue weighted by Crippen LogP contribution is 2.28. The molecule has 2 rings (SSSR count). The molecular formula is C19H31N3O2. The minimum atomic E-state index is -0.182. The SMILES string of the molecule is Cc1ccc(OCNC(=O)NC2CC(C)(C)NC(C)(C)C2)c(C)c1. The van der Waals surface area contributed by atoms with Crippen LogP contribution in [0.5, 0.6) is 5.75 Å². The first-order chi connectivity index (χ1) is 11.1. The van der Waals surface area contributed by atoms with E-state index in [1.165, 1.54) is 5.56 Å². The summed E-state index contributed by atoms with van der Waals surface area (Å²) in [5.74, 6) is 0.796. The van der Waals surface area contributed by atoms with Crippen LogP contribution in [0.25, 0.3) is 0 Å². The first-order valence-electron chi connectivity index (χ1n) is 8.60. The van der Waals surface area contributed by atoms with Gasteiger partial charge in [0.25, 0.3) is 0 Å². The second-order valence-corrected chi connectivity index (χ2v) is 8.21. The Labute approximate surface area is 145 Å². The summed E-state index contributed by atoms with van der Waals surface area (Å²) in [6, 6.07) is 5.97. The van der Waals surface area contributed by atoms with E-state index >= 15 is 0 Å². The summed E-state index contributed by atoms with van der Waals surface area (Å²) < 4.78 is 5.65. The zero-order chi connectivity index (χ0) is 18.0. The van der Waals surface area contributed by atoms with E-state index in [0.717, 1.165) is 24.2 Å². The number of carbonyl (C=O) groups is 1. The first kappa shape index (κ1) is 18.6. The van der Waals surface area contributed by atoms with E-state index in [2.05, 4.69) is 49.7 Å². The van der Waals surface area contributed by atoms with E-state index in [4.69, 9.17) is 4.74 Å². The Hall–Kier alpha value is -1.75. The van der Waals surface area contributed by atoms with Gasteiger partial charge in [0, 0.05) is 17.1 Å². The molecule has 5 heteroatoms. The Morgan fingerprint density at radius 2 is 1.83 bits per heavy atom. The largest absolute Gasteiger partial charge is 0.473 e. The number of aryl methyl sites for hydroxylation is 2. The van der Waals surface area contributed by atoms with Gasteiger partial charge in [0.05, 0.1) is 0 Å². The highest BCUT2D eigenvalue weighted by Gasteiger charge is 2.38. The van der Waals surface area contributed by atoms with Crippen molar-refractivity contribution in [3.8, 4) is 5.75 Å². The van der Waals surface area contributed by atoms with E-state index in [0.29, 0.717) is 0 Å². The molecule has 0 spiro atoms. The normalized spacial score (nSPS) is 19.6. The Bertz CT molecular complexity index is 580. The number of carbonyl (C=O) groups excluding carboxylic acids is 1. The van der Waals surface area contributed by atoms with Gasteiger partial charge in [0.15, 0.2) is 6.73 Å². The van der Waals surface area contributed by atoms with Gasteiger partial charge in [-0.05, 0) is 66.0 Å². The maximum Gasteiger partial charge on any atom is 0.317 e. The molecule has 1 aromatic carbocycles. The fourth-order valence-electron chi connectivity index (χ4n) is 3.80. The van der Waals surface area contributed by atoms with Gasteiger partial charge in [-0.15, -0.1) is 0 Å². The molecular weight excluding hydrogens is 302 g/mol. The summed E-state index contributed by atoms with van der Waals surface area (Å²) in [4.78, 5) is 12.1. The molecule has 134 valence electrons. The first-order valence-corrected chi connectivity index (χ1v) is 8.60. The van der Waals surface area contributed by atoms with E-state index in [-0.39, 0.29) is 29.9 Å². The molecule has 0 atom stereocenters. The van der Waals surface area contributed by atoms with Gasteiger partial charge in [-0.2, -0.15) is 0 Å². The van der Waals surface area contributed by atoms with Crippen LogP contribution in [0, 0.1) is 13.8 Å². The smallest absolute Gasteiger partial charge is 0.317 e. The maximum atomic E-state index is 12.1. The number of rotatable bonds is 4. The number of urea groups is 1. The fourth-order valence-corrected chi connectivity index (χ4v) is 3.80. The second-order valence-electron chi connectivity index (χ2n) is 8.21. The van der Waals surface area contributed by atoms with Crippen LogP contribution in [-0.4, -0.2) is 29.9 Å². The minimum absolute atomic E-state index is 0.00913. The second kappa shape index (κ2) is 7.01. The molecule has 0 radical (unpaired) electrons. The standard InChI is InChI=1S/C19H31N3O2/c1-13-7-8-16(14(2)9-13)24-12-20-17(23)21-15-10-18(3,4)22-19(5,6)11-15/h7-9,15,22H,10-12H2,1-6H3,(H2,20,21,23). The number of benzene rings is 1. The molecule has 0 aliphatic carbocycles. The third kappa shape index (κ3) is 5.41. The maximum absolute atomic E-state index is 12.1. The Morgan fingerprint density at radius 1 is 1.21 bits per heavy atom. The summed E-state index contributed by atoms with van der Waals surface area (Å²) in [5.41, 5.74) is 2.28. The molecule has 5 nitrogen and oxygen atoms in total. The van der Waals surface area contributed by atoms with Crippen molar-refractivity contribution in [3.05, 3.63) is 29.3 Å². The van der Waals surface area contributed by atoms with E-state index in [1.807, 2.05) is 26.0 Å². The quantitative estimate of drug-likeness (QED) is 0.741. The van der Waals surface area contributed by atoms with Gasteiger partial charge in [-0.3, -0.25) is 0 Å². The number of piperidine rings is 1. The predicted molar refractivity (Wildman–Crippen MR) is 97.4 cm³/mol. The number of amides is 2. The van der Waals surface area contributed by atoms with Crippen molar-refractivity contribution in [2.75, 3.05) is 6.73 Å². The van der Waals surface area contributed by atoms with E-state index in [1.54, 1.807) is 0 Å². The van der Waals surface area contributed by atoms with Gasteiger partial charge in [0.2, 0.25) is 0 Å². The van der Waals surface area contributed by atoms with Crippen LogP contribution >= 0.6 is 0 Å². The molecule has 1 aromatic rings. The molecule has 1 aliphatic heterocycles. The lowest BCUT2D eigenvalue weighted by atomic mass is 9.80. The lowest BCUT2D eigenvalue weighted by Gasteiger charge is -2.46. The monoisotopic (exact) mass is 333 g/mol. The number of hydrogen-bond donors (Lipinski definition) is 3. The van der Waals surface area contributed by atoms with Gasteiger partial charge < -0.3 is 20.7 Å². The molecule has 3 N–H and O–H groups in total. The van der Waals surface area contributed by atoms with Crippen LogP contribution in [0.3, 0.4) is 0 Å². The van der Waals surface area contributed by atoms with Crippen molar-refractivity contribution >= 4 is 6.03 Å². The molecule has 1 aliphatic rings. The van der Waals surface area contributed by atoms with Crippen LogP contribution in [0.4, 0.5) is 4.79 Å². The molecule has 1 saturated heterocycles. The van der Waals surface area contributed by atoms with E-state index in [9.17, 15) is 4.79 Å². The number of ether oxygens (including phenoxy) is 1. The third-order valence-corrected chi connectivity index (χ3v) is 4.32. The predicted octanol–water partition coefficient (Wildman–Crippen LogP) is 3.25. The van der Waals surface area contributed by atoms with E-state index < -0.39 is 0 Å². The lowest BCUT2D eigenvalue weighted by molar-refractivity contribution is 0.146. The molecule has 0 unspecified atom stereocenters. The summed E-state index contributed by atoms with van der Waals surface area (Å²) in [5, 5.41) is 9.47. The van der Waals surface area contributed by atoms with Gasteiger partial charge in [0.1, 0.15) is 5.75 Å². The average molecular weight is 333 g/mol. The van der Waals surface area contributed by atoms with Crippen LogP contribution in [0.1, 0.15) is 51.7 Å². The summed E-state index contributed by atoms with van der Waals surface area (Å²) in [7, 11) is 0. The van der Waals surface area contributed by atoms with Gasteiger partial charge in [-0.1, -0.05) is 17.7 Å². The van der Waals surface area contributed by atoms with Crippen molar-refractivity contribution in [2.45, 2.75) is 71.5 Å². The van der Waals surface area contributed by atoms with Crippen LogP contribution in [0.15, 0.2) is 18.2 Å². The topological polar surface area (TPSA) is 62.4 Å². The van der Waals surface area contributed by atoms with Crippen molar-refractivity contribution in [1.29, 1.82) is 0 Å². The molecule has 2 amide bonds. The molecule has 0 bridgehead atoms. The lowest BCUT2D eigenvalue weighted by Crippen LogP contribution is -2.62. The van der Waals surface area contributed by atoms with Gasteiger partial charge >= 0.3 is 6.03 Å². The molecule has 0 aromatic heterocycles. The highest BCUT2D eigenvalue weighted by atomic mass is 16.5. The van der Waals surface area contributed by atoms with Crippen LogP contribution < -0.4 is 20.7 Å². The minimum Gasteiger partial charge on any atom is -0.473 e. The Morgan fingerprint density at radius 3 is 2.42 bits per heavy atom. The zero-order valence-corrected chi connectivity index (χ0v) is 15.7. The molecule has 1 heterocycles. The van der Waals surface area contributed by atoms with Crippen molar-refractivity contribution in [2.24, 2.45) is 0 Å². The fraction of sp³-hybridized carbons (Fsp3) is 0.632. The molecule has 1 fully saturated rings. The number of hydrogen-bond acceptors (Lipinski definition) is 3. The molecule has 24 heavy (non-hydrogen) atoms. The zero-order valence-electron chi connectivity index (χ0n) is 15.7. The van der Waals surface area contributed by atoms with Gasteiger partial charge in [-0.25, -0.2) is 4.79 Å². The molecule has 0 saturated carbocycles. The van der Waals surface area contributed by atoms with Crippen molar-refractivity contribution < 1.29 is 9.53 Å². The van der Waals surface area contributed by atoms with Crippen molar-refractivity contribution in [1.82, 2.24) is 16.0 Å². The Kier molecular flexibility index (Phi) is 5.43. The summed E-state index contributed by atoms with van der Waals surface area (Å²) in [6.45, 7) is 12.9.